The van der Waals surface area contributed by atoms with Crippen molar-refractivity contribution in [3.63, 3.8) is 0 Å². The molecule has 1 aromatic heterocycles. The second-order valence-electron chi connectivity index (χ2n) is 3.88. The summed E-state index contributed by atoms with van der Waals surface area (Å²) in [7, 11) is 0. The SMILES string of the molecule is NC(=O)c1nc2ccccc2cc1CCCO. The molecular formula is C13H14N2O2. The number of nitrogens with two attached hydrogens (primary N) is 1. The van der Waals surface area contributed by atoms with Gasteiger partial charge in [0, 0.05) is 12.0 Å². The third-order valence-electron chi connectivity index (χ3n) is 2.64. The van der Waals surface area contributed by atoms with E-state index in [1.54, 1.807) is 0 Å². The van der Waals surface area contributed by atoms with Crippen molar-refractivity contribution in [3.8, 4) is 0 Å². The number of para-hydroxylation sites is 1. The number of aliphatic hydroxyl groups excluding tert-OH is 1. The van der Waals surface area contributed by atoms with Gasteiger partial charge in [-0.25, -0.2) is 4.98 Å². The maximum absolute atomic E-state index is 11.3. The Balaban J connectivity index is 2.54. The average molecular weight is 230 g/mol. The summed E-state index contributed by atoms with van der Waals surface area (Å²) in [6.07, 6.45) is 1.20. The zero-order valence-electron chi connectivity index (χ0n) is 9.39. The number of pyridine rings is 1. The Morgan fingerprint density at radius 3 is 2.82 bits per heavy atom. The van der Waals surface area contributed by atoms with E-state index >= 15 is 0 Å². The van der Waals surface area contributed by atoms with Gasteiger partial charge in [0.1, 0.15) is 5.69 Å². The highest BCUT2D eigenvalue weighted by Gasteiger charge is 2.11. The Morgan fingerprint density at radius 2 is 2.12 bits per heavy atom. The molecule has 0 aliphatic carbocycles. The van der Waals surface area contributed by atoms with Crippen LogP contribution in [0.1, 0.15) is 22.5 Å². The molecule has 0 aliphatic rings. The van der Waals surface area contributed by atoms with E-state index in [1.165, 1.54) is 0 Å². The summed E-state index contributed by atoms with van der Waals surface area (Å²) in [4.78, 5) is 15.6. The zero-order chi connectivity index (χ0) is 12.3. The number of primary amides is 1. The van der Waals surface area contributed by atoms with Gasteiger partial charge >= 0.3 is 0 Å². The number of benzene rings is 1. The van der Waals surface area contributed by atoms with Gasteiger partial charge in [-0.05, 0) is 30.5 Å². The Labute approximate surface area is 99.1 Å². The van der Waals surface area contributed by atoms with Crippen LogP contribution in [0.15, 0.2) is 30.3 Å². The van der Waals surface area contributed by atoms with Crippen molar-refractivity contribution in [1.82, 2.24) is 4.98 Å². The number of hydrogen-bond acceptors (Lipinski definition) is 3. The fourth-order valence-electron chi connectivity index (χ4n) is 1.83. The van der Waals surface area contributed by atoms with Gasteiger partial charge in [-0.15, -0.1) is 0 Å². The number of amides is 1. The van der Waals surface area contributed by atoms with Crippen molar-refractivity contribution in [3.05, 3.63) is 41.6 Å². The summed E-state index contributed by atoms with van der Waals surface area (Å²) in [6, 6.07) is 9.49. The molecule has 0 fully saturated rings. The van der Waals surface area contributed by atoms with E-state index < -0.39 is 5.91 Å². The van der Waals surface area contributed by atoms with Crippen LogP contribution in [0.2, 0.25) is 0 Å². The summed E-state index contributed by atoms with van der Waals surface area (Å²) in [5.74, 6) is -0.524. The molecule has 3 N–H and O–H groups in total. The van der Waals surface area contributed by atoms with Crippen LogP contribution in [0.3, 0.4) is 0 Å². The fourth-order valence-corrected chi connectivity index (χ4v) is 1.83. The van der Waals surface area contributed by atoms with E-state index in [4.69, 9.17) is 10.8 Å². The molecule has 2 rings (SSSR count). The van der Waals surface area contributed by atoms with Crippen molar-refractivity contribution < 1.29 is 9.90 Å². The minimum atomic E-state index is -0.524. The Kier molecular flexibility index (Phi) is 3.35. The molecule has 0 aliphatic heterocycles. The highest BCUT2D eigenvalue weighted by molar-refractivity contribution is 5.95. The number of hydrogen-bond donors (Lipinski definition) is 2. The van der Waals surface area contributed by atoms with E-state index in [9.17, 15) is 4.79 Å². The van der Waals surface area contributed by atoms with Crippen molar-refractivity contribution in [2.24, 2.45) is 5.73 Å². The summed E-state index contributed by atoms with van der Waals surface area (Å²) in [6.45, 7) is 0.0883. The first-order chi connectivity index (χ1) is 8.22. The number of carbonyl (C=O) groups excluding carboxylic acids is 1. The van der Waals surface area contributed by atoms with Gasteiger partial charge in [0.05, 0.1) is 5.52 Å². The number of aryl methyl sites for hydroxylation is 1. The van der Waals surface area contributed by atoms with Gasteiger partial charge in [0.2, 0.25) is 0 Å². The molecule has 0 saturated heterocycles. The molecule has 0 unspecified atom stereocenters. The first kappa shape index (κ1) is 11.5. The van der Waals surface area contributed by atoms with Crippen molar-refractivity contribution in [2.45, 2.75) is 12.8 Å². The summed E-state index contributed by atoms with van der Waals surface area (Å²) >= 11 is 0. The van der Waals surface area contributed by atoms with E-state index in [0.29, 0.717) is 18.5 Å². The minimum absolute atomic E-state index is 0.0883. The number of carbonyl (C=O) groups is 1. The molecule has 0 saturated carbocycles. The largest absolute Gasteiger partial charge is 0.396 e. The number of rotatable bonds is 4. The number of aliphatic hydroxyl groups is 1. The van der Waals surface area contributed by atoms with Gasteiger partial charge in [-0.2, -0.15) is 0 Å². The topological polar surface area (TPSA) is 76.2 Å². The summed E-state index contributed by atoms with van der Waals surface area (Å²) in [5, 5.41) is 9.81. The normalized spacial score (nSPS) is 10.6. The number of aromatic nitrogens is 1. The Morgan fingerprint density at radius 1 is 1.35 bits per heavy atom. The standard InChI is InChI=1S/C13H14N2O2/c14-13(17)12-10(5-3-7-16)8-9-4-1-2-6-11(9)15-12/h1-2,4,6,8,16H,3,5,7H2,(H2,14,17). The lowest BCUT2D eigenvalue weighted by Crippen LogP contribution is -2.16. The second-order valence-corrected chi connectivity index (χ2v) is 3.88. The lowest BCUT2D eigenvalue weighted by atomic mass is 10.0. The molecule has 88 valence electrons. The van der Waals surface area contributed by atoms with Crippen molar-refractivity contribution >= 4 is 16.8 Å². The third kappa shape index (κ3) is 2.42. The third-order valence-corrected chi connectivity index (χ3v) is 2.64. The van der Waals surface area contributed by atoms with Crippen molar-refractivity contribution in [2.75, 3.05) is 6.61 Å². The minimum Gasteiger partial charge on any atom is -0.396 e. The fraction of sp³-hybridized carbons (Fsp3) is 0.231. The predicted molar refractivity (Wildman–Crippen MR) is 65.7 cm³/mol. The molecular weight excluding hydrogens is 216 g/mol. The molecule has 1 amide bonds. The quantitative estimate of drug-likeness (QED) is 0.830. The second kappa shape index (κ2) is 4.93. The number of nitrogens with zero attached hydrogens (tertiary/aromatic N) is 1. The van der Waals surface area contributed by atoms with Crippen LogP contribution in [0.5, 0.6) is 0 Å². The van der Waals surface area contributed by atoms with Crippen LogP contribution in [0.4, 0.5) is 0 Å². The number of fused-ring (bicyclic) bond motifs is 1. The van der Waals surface area contributed by atoms with Gasteiger partial charge in [0.15, 0.2) is 0 Å². The van der Waals surface area contributed by atoms with Crippen LogP contribution in [-0.2, 0) is 6.42 Å². The Hall–Kier alpha value is -1.94. The molecule has 2 aromatic rings. The van der Waals surface area contributed by atoms with E-state index in [-0.39, 0.29) is 6.61 Å². The monoisotopic (exact) mass is 230 g/mol. The first-order valence-corrected chi connectivity index (χ1v) is 5.51. The summed E-state index contributed by atoms with van der Waals surface area (Å²) in [5.41, 5.74) is 7.17. The van der Waals surface area contributed by atoms with Gasteiger partial charge in [0.25, 0.3) is 5.91 Å². The molecule has 17 heavy (non-hydrogen) atoms. The molecule has 0 radical (unpaired) electrons. The molecule has 1 heterocycles. The average Bonchev–Trinajstić information content (AvgIpc) is 2.35. The van der Waals surface area contributed by atoms with E-state index in [2.05, 4.69) is 4.98 Å². The van der Waals surface area contributed by atoms with Crippen LogP contribution in [0.25, 0.3) is 10.9 Å². The highest BCUT2D eigenvalue weighted by Crippen LogP contribution is 2.17. The van der Waals surface area contributed by atoms with Gasteiger partial charge in [-0.3, -0.25) is 4.79 Å². The van der Waals surface area contributed by atoms with E-state index in [0.717, 1.165) is 16.5 Å². The predicted octanol–water partition coefficient (Wildman–Crippen LogP) is 1.26. The lowest BCUT2D eigenvalue weighted by molar-refractivity contribution is 0.0994. The van der Waals surface area contributed by atoms with Crippen LogP contribution < -0.4 is 5.73 Å². The molecule has 4 heteroatoms. The van der Waals surface area contributed by atoms with Crippen molar-refractivity contribution in [1.29, 1.82) is 0 Å². The summed E-state index contributed by atoms with van der Waals surface area (Å²) < 4.78 is 0. The van der Waals surface area contributed by atoms with Gasteiger partial charge < -0.3 is 10.8 Å². The zero-order valence-corrected chi connectivity index (χ0v) is 9.39. The van der Waals surface area contributed by atoms with Crippen LogP contribution in [-0.4, -0.2) is 22.6 Å². The molecule has 1 aromatic carbocycles. The lowest BCUT2D eigenvalue weighted by Gasteiger charge is -2.07. The maximum atomic E-state index is 11.3. The van der Waals surface area contributed by atoms with Crippen LogP contribution in [0, 0.1) is 0 Å². The highest BCUT2D eigenvalue weighted by atomic mass is 16.2. The van der Waals surface area contributed by atoms with E-state index in [1.807, 2.05) is 30.3 Å². The molecule has 0 spiro atoms. The van der Waals surface area contributed by atoms with Crippen LogP contribution >= 0.6 is 0 Å². The van der Waals surface area contributed by atoms with Gasteiger partial charge in [-0.1, -0.05) is 18.2 Å². The molecule has 0 bridgehead atoms. The molecule has 4 nitrogen and oxygen atoms in total. The maximum Gasteiger partial charge on any atom is 0.267 e. The first-order valence-electron chi connectivity index (χ1n) is 5.51. The Bertz CT molecular complexity index is 552. The molecule has 0 atom stereocenters. The smallest absolute Gasteiger partial charge is 0.267 e.